The molecule has 3 heterocycles. The highest BCUT2D eigenvalue weighted by atomic mass is 16.5. The van der Waals surface area contributed by atoms with Gasteiger partial charge in [-0.05, 0) is 44.6 Å². The Morgan fingerprint density at radius 1 is 1.23 bits per heavy atom. The maximum absolute atomic E-state index is 13.2. The highest BCUT2D eigenvalue weighted by Gasteiger charge is 2.48. The first-order valence-corrected chi connectivity index (χ1v) is 9.87. The Labute approximate surface area is 154 Å². The molecule has 1 N–H and O–H groups in total. The second-order valence-corrected chi connectivity index (χ2v) is 8.28. The number of ether oxygens (including phenoxy) is 1. The van der Waals surface area contributed by atoms with Crippen LogP contribution in [0.25, 0.3) is 0 Å². The van der Waals surface area contributed by atoms with E-state index in [1.54, 1.807) is 12.3 Å². The highest BCUT2D eigenvalue weighted by Crippen LogP contribution is 2.41. The van der Waals surface area contributed by atoms with Crippen LogP contribution < -0.4 is 10.2 Å². The number of carbonyl (C=O) groups is 1. The van der Waals surface area contributed by atoms with E-state index in [1.807, 2.05) is 0 Å². The average molecular weight is 359 g/mol. The van der Waals surface area contributed by atoms with Crippen LogP contribution in [0.2, 0.25) is 0 Å². The molecule has 26 heavy (non-hydrogen) atoms. The Morgan fingerprint density at radius 2 is 2.08 bits per heavy atom. The first kappa shape index (κ1) is 17.6. The number of aromatic amines is 1. The number of hydrogen-bond acceptors (Lipinski definition) is 4. The summed E-state index contributed by atoms with van der Waals surface area (Å²) in [4.78, 5) is 32.7. The molecule has 1 atom stereocenters. The number of nitrogens with one attached hydrogen (secondary N) is 1. The summed E-state index contributed by atoms with van der Waals surface area (Å²) in [5.74, 6) is 1.44. The standard InChI is InChI=1S/C20H29N3O3/c1-26-18-11-21-16(10-17(18)24)13-22-9-7-20(14-22)6-3-8-23(19(20)25)12-15-4-2-5-15/h10-11,15H,2-9,12-14H2,1H3,(H,21,24)/t20-/m1/s1. The van der Waals surface area contributed by atoms with E-state index in [9.17, 15) is 9.59 Å². The maximum atomic E-state index is 13.2. The molecule has 1 amide bonds. The number of pyridine rings is 1. The number of amides is 1. The van der Waals surface area contributed by atoms with Gasteiger partial charge in [-0.3, -0.25) is 14.5 Å². The number of nitrogens with zero attached hydrogens (tertiary/aromatic N) is 2. The quantitative estimate of drug-likeness (QED) is 0.873. The molecule has 0 bridgehead atoms. The number of rotatable bonds is 5. The van der Waals surface area contributed by atoms with E-state index in [2.05, 4.69) is 14.8 Å². The van der Waals surface area contributed by atoms with Gasteiger partial charge in [0.1, 0.15) is 0 Å². The van der Waals surface area contributed by atoms with Gasteiger partial charge in [0.25, 0.3) is 0 Å². The summed E-state index contributed by atoms with van der Waals surface area (Å²) in [6.07, 6.45) is 8.57. The highest BCUT2D eigenvalue weighted by molar-refractivity contribution is 5.84. The SMILES string of the molecule is COc1c[nH]c(CN2CC[C@]3(CCCN(CC4CCC4)C3=O)C2)cc1=O. The van der Waals surface area contributed by atoms with Gasteiger partial charge < -0.3 is 14.6 Å². The number of likely N-dealkylation sites (tertiary alicyclic amines) is 2. The lowest BCUT2D eigenvalue weighted by atomic mass is 9.77. The molecule has 3 fully saturated rings. The Morgan fingerprint density at radius 3 is 2.77 bits per heavy atom. The van der Waals surface area contributed by atoms with Crippen molar-refractivity contribution in [3.05, 3.63) is 28.2 Å². The van der Waals surface area contributed by atoms with Crippen LogP contribution in [0.15, 0.2) is 17.1 Å². The van der Waals surface area contributed by atoms with Crippen LogP contribution in [-0.2, 0) is 11.3 Å². The van der Waals surface area contributed by atoms with E-state index < -0.39 is 0 Å². The van der Waals surface area contributed by atoms with E-state index in [4.69, 9.17) is 4.74 Å². The Hall–Kier alpha value is -1.82. The van der Waals surface area contributed by atoms with E-state index in [0.717, 1.165) is 57.1 Å². The molecule has 2 aliphatic heterocycles. The van der Waals surface area contributed by atoms with Crippen molar-refractivity contribution in [2.24, 2.45) is 11.3 Å². The summed E-state index contributed by atoms with van der Waals surface area (Å²) >= 11 is 0. The Bertz CT molecular complexity index is 727. The molecule has 1 aromatic heterocycles. The lowest BCUT2D eigenvalue weighted by Gasteiger charge is -2.42. The molecule has 0 unspecified atom stereocenters. The molecule has 1 spiro atoms. The number of hydrogen-bond donors (Lipinski definition) is 1. The largest absolute Gasteiger partial charge is 0.491 e. The summed E-state index contributed by atoms with van der Waals surface area (Å²) in [5, 5.41) is 0. The lowest BCUT2D eigenvalue weighted by Crippen LogP contribution is -2.51. The van der Waals surface area contributed by atoms with Gasteiger partial charge in [0, 0.05) is 44.1 Å². The van der Waals surface area contributed by atoms with Gasteiger partial charge in [-0.1, -0.05) is 6.42 Å². The Kier molecular flexibility index (Phi) is 4.78. The molecule has 0 radical (unpaired) electrons. The number of piperidine rings is 1. The van der Waals surface area contributed by atoms with Crippen molar-refractivity contribution in [2.75, 3.05) is 33.3 Å². The minimum atomic E-state index is -0.200. The first-order valence-electron chi connectivity index (χ1n) is 9.87. The molecule has 142 valence electrons. The number of H-pyrrole nitrogens is 1. The molecule has 3 aliphatic rings. The minimum Gasteiger partial charge on any atom is -0.491 e. The molecule has 1 saturated carbocycles. The zero-order valence-electron chi connectivity index (χ0n) is 15.6. The third kappa shape index (κ3) is 3.27. The maximum Gasteiger partial charge on any atom is 0.230 e. The van der Waals surface area contributed by atoms with E-state index in [-0.39, 0.29) is 10.8 Å². The van der Waals surface area contributed by atoms with Gasteiger partial charge in [-0.15, -0.1) is 0 Å². The third-order valence-corrected chi connectivity index (χ3v) is 6.51. The molecule has 1 aromatic rings. The van der Waals surface area contributed by atoms with Crippen LogP contribution in [-0.4, -0.2) is 54.0 Å². The van der Waals surface area contributed by atoms with Crippen molar-refractivity contribution in [1.82, 2.24) is 14.8 Å². The van der Waals surface area contributed by atoms with E-state index >= 15 is 0 Å². The van der Waals surface area contributed by atoms with Gasteiger partial charge in [0.15, 0.2) is 5.75 Å². The molecule has 0 aromatic carbocycles. The molecule has 4 rings (SSSR count). The van der Waals surface area contributed by atoms with Crippen LogP contribution in [0.3, 0.4) is 0 Å². The zero-order chi connectivity index (χ0) is 18.1. The van der Waals surface area contributed by atoms with Crippen LogP contribution >= 0.6 is 0 Å². The predicted molar refractivity (Wildman–Crippen MR) is 99.1 cm³/mol. The average Bonchev–Trinajstić information content (AvgIpc) is 2.98. The topological polar surface area (TPSA) is 65.6 Å². The number of aromatic nitrogens is 1. The Balaban J connectivity index is 1.41. The normalized spacial score (nSPS) is 27.1. The van der Waals surface area contributed by atoms with Crippen molar-refractivity contribution in [1.29, 1.82) is 0 Å². The van der Waals surface area contributed by atoms with Gasteiger partial charge in [-0.2, -0.15) is 0 Å². The van der Waals surface area contributed by atoms with Crippen LogP contribution in [0, 0.1) is 11.3 Å². The van der Waals surface area contributed by atoms with Crippen molar-refractivity contribution in [2.45, 2.75) is 45.1 Å². The monoisotopic (exact) mass is 359 g/mol. The molecular formula is C20H29N3O3. The zero-order valence-corrected chi connectivity index (χ0v) is 15.6. The minimum absolute atomic E-state index is 0.101. The summed E-state index contributed by atoms with van der Waals surface area (Å²) in [6, 6.07) is 1.61. The summed E-state index contributed by atoms with van der Waals surface area (Å²) < 4.78 is 5.02. The lowest BCUT2D eigenvalue weighted by molar-refractivity contribution is -0.146. The fourth-order valence-electron chi connectivity index (χ4n) is 4.78. The van der Waals surface area contributed by atoms with Gasteiger partial charge >= 0.3 is 0 Å². The third-order valence-electron chi connectivity index (χ3n) is 6.51. The van der Waals surface area contributed by atoms with Crippen molar-refractivity contribution < 1.29 is 9.53 Å². The fourth-order valence-corrected chi connectivity index (χ4v) is 4.78. The second-order valence-electron chi connectivity index (χ2n) is 8.28. The molecule has 6 heteroatoms. The van der Waals surface area contributed by atoms with Gasteiger partial charge in [0.2, 0.25) is 11.3 Å². The van der Waals surface area contributed by atoms with Crippen LogP contribution in [0.4, 0.5) is 0 Å². The molecular weight excluding hydrogens is 330 g/mol. The van der Waals surface area contributed by atoms with Crippen molar-refractivity contribution >= 4 is 5.91 Å². The van der Waals surface area contributed by atoms with Gasteiger partial charge in [0.05, 0.1) is 12.5 Å². The smallest absolute Gasteiger partial charge is 0.230 e. The van der Waals surface area contributed by atoms with Gasteiger partial charge in [-0.25, -0.2) is 0 Å². The van der Waals surface area contributed by atoms with Crippen LogP contribution in [0.1, 0.15) is 44.2 Å². The summed E-state index contributed by atoms with van der Waals surface area (Å²) in [5.41, 5.74) is 0.576. The molecule has 6 nitrogen and oxygen atoms in total. The summed E-state index contributed by atoms with van der Waals surface area (Å²) in [6.45, 7) is 4.30. The molecule has 1 aliphatic carbocycles. The number of methoxy groups -OCH3 is 1. The number of carbonyl (C=O) groups excluding carboxylic acids is 1. The van der Waals surface area contributed by atoms with E-state index in [0.29, 0.717) is 18.2 Å². The van der Waals surface area contributed by atoms with Crippen molar-refractivity contribution in [3.8, 4) is 5.75 Å². The fraction of sp³-hybridized carbons (Fsp3) is 0.700. The van der Waals surface area contributed by atoms with Crippen molar-refractivity contribution in [3.63, 3.8) is 0 Å². The summed E-state index contributed by atoms with van der Waals surface area (Å²) in [7, 11) is 1.50. The molecule has 2 saturated heterocycles. The van der Waals surface area contributed by atoms with E-state index in [1.165, 1.54) is 26.4 Å². The first-order chi connectivity index (χ1) is 12.6. The van der Waals surface area contributed by atoms with Crippen LogP contribution in [0.5, 0.6) is 5.75 Å². The predicted octanol–water partition coefficient (Wildman–Crippen LogP) is 2.00. The second kappa shape index (κ2) is 7.06.